The second-order valence-corrected chi connectivity index (χ2v) is 6.74. The second kappa shape index (κ2) is 5.76. The molecule has 0 bridgehead atoms. The average Bonchev–Trinajstić information content (AvgIpc) is 2.17. The van der Waals surface area contributed by atoms with Gasteiger partial charge in [-0.2, -0.15) is 11.8 Å². The third-order valence-corrected chi connectivity index (χ3v) is 4.68. The Morgan fingerprint density at radius 2 is 2.31 bits per heavy atom. The van der Waals surface area contributed by atoms with Crippen LogP contribution in [0.4, 0.5) is 0 Å². The Balaban J connectivity index is 2.42. The maximum Gasteiger partial charge on any atom is 0.304 e. The molecule has 0 aliphatic heterocycles. The second-order valence-electron chi connectivity index (χ2n) is 5.11. The predicted octanol–water partition coefficient (Wildman–Crippen LogP) is 3.58. The maximum atomic E-state index is 10.5. The largest absolute Gasteiger partial charge is 0.481 e. The first-order valence-corrected chi connectivity index (χ1v) is 6.96. The van der Waals surface area contributed by atoms with Gasteiger partial charge in [0.25, 0.3) is 0 Å². The molecule has 0 aromatic carbocycles. The third kappa shape index (κ3) is 4.20. The Labute approximate surface area is 103 Å². The molecule has 0 aromatic rings. The van der Waals surface area contributed by atoms with Crippen LogP contribution in [0.1, 0.15) is 40.0 Å². The van der Waals surface area contributed by atoms with E-state index in [1.54, 1.807) is 11.8 Å². The first-order valence-electron chi connectivity index (χ1n) is 5.98. The molecule has 1 aliphatic rings. The van der Waals surface area contributed by atoms with Crippen LogP contribution in [-0.2, 0) is 4.79 Å². The number of carboxylic acids is 1. The number of carbonyl (C=O) groups is 1. The van der Waals surface area contributed by atoms with Crippen LogP contribution in [0.25, 0.3) is 0 Å². The van der Waals surface area contributed by atoms with Gasteiger partial charge in [-0.3, -0.25) is 4.79 Å². The number of hydrogen-bond acceptors (Lipinski definition) is 2. The fourth-order valence-corrected chi connectivity index (χ4v) is 3.19. The zero-order valence-electron chi connectivity index (χ0n) is 10.4. The van der Waals surface area contributed by atoms with Crippen molar-refractivity contribution in [2.45, 2.75) is 44.8 Å². The van der Waals surface area contributed by atoms with Crippen LogP contribution in [0.2, 0.25) is 0 Å². The van der Waals surface area contributed by atoms with Crippen molar-refractivity contribution in [3.05, 3.63) is 12.2 Å². The monoisotopic (exact) mass is 242 g/mol. The predicted molar refractivity (Wildman–Crippen MR) is 69.8 cm³/mol. The van der Waals surface area contributed by atoms with E-state index in [2.05, 4.69) is 32.9 Å². The van der Waals surface area contributed by atoms with Crippen LogP contribution >= 0.6 is 11.8 Å². The lowest BCUT2D eigenvalue weighted by Crippen LogP contribution is -2.25. The maximum absolute atomic E-state index is 10.5. The molecular weight excluding hydrogens is 220 g/mol. The molecule has 0 radical (unpaired) electrons. The number of aliphatic carboxylic acids is 1. The SMILES string of the molecule is CC(C)C1C=CC(C)(SCCC(=O)O)CC1. The van der Waals surface area contributed by atoms with Gasteiger partial charge in [0.2, 0.25) is 0 Å². The Morgan fingerprint density at radius 1 is 1.62 bits per heavy atom. The number of hydrogen-bond donors (Lipinski definition) is 1. The molecule has 0 saturated carbocycles. The number of thioether (sulfide) groups is 1. The molecule has 2 nitrogen and oxygen atoms in total. The van der Waals surface area contributed by atoms with Crippen LogP contribution in [0.3, 0.4) is 0 Å². The van der Waals surface area contributed by atoms with E-state index in [4.69, 9.17) is 5.11 Å². The molecule has 0 fully saturated rings. The average molecular weight is 242 g/mol. The van der Waals surface area contributed by atoms with Crippen LogP contribution < -0.4 is 0 Å². The molecule has 2 unspecified atom stereocenters. The molecular formula is C13H22O2S. The molecule has 92 valence electrons. The minimum absolute atomic E-state index is 0.154. The number of carboxylic acid groups (broad SMARTS) is 1. The van der Waals surface area contributed by atoms with Crippen molar-refractivity contribution >= 4 is 17.7 Å². The Morgan fingerprint density at radius 3 is 2.75 bits per heavy atom. The topological polar surface area (TPSA) is 37.3 Å². The molecule has 0 amide bonds. The zero-order chi connectivity index (χ0) is 12.2. The summed E-state index contributed by atoms with van der Waals surface area (Å²) in [5.74, 6) is 1.43. The summed E-state index contributed by atoms with van der Waals surface area (Å²) in [6.07, 6.45) is 7.26. The normalized spacial score (nSPS) is 29.6. The zero-order valence-corrected chi connectivity index (χ0v) is 11.2. The van der Waals surface area contributed by atoms with Gasteiger partial charge < -0.3 is 5.11 Å². The number of allylic oxidation sites excluding steroid dienone is 1. The van der Waals surface area contributed by atoms with E-state index in [1.807, 2.05) is 0 Å². The quantitative estimate of drug-likeness (QED) is 0.749. The van der Waals surface area contributed by atoms with Gasteiger partial charge in [0, 0.05) is 10.5 Å². The van der Waals surface area contributed by atoms with Gasteiger partial charge in [0.1, 0.15) is 0 Å². The molecule has 1 aliphatic carbocycles. The number of rotatable bonds is 5. The highest BCUT2D eigenvalue weighted by Crippen LogP contribution is 2.39. The molecule has 0 saturated heterocycles. The molecule has 0 heterocycles. The Kier molecular flexibility index (Phi) is 4.90. The summed E-state index contributed by atoms with van der Waals surface area (Å²) in [6, 6.07) is 0. The first-order chi connectivity index (χ1) is 7.43. The van der Waals surface area contributed by atoms with Crippen LogP contribution in [0.5, 0.6) is 0 Å². The first kappa shape index (κ1) is 13.6. The molecule has 3 heteroatoms. The summed E-state index contributed by atoms with van der Waals surface area (Å²) in [4.78, 5) is 10.5. The van der Waals surface area contributed by atoms with E-state index in [0.29, 0.717) is 17.6 Å². The lowest BCUT2D eigenvalue weighted by atomic mass is 9.83. The third-order valence-electron chi connectivity index (χ3n) is 3.27. The highest BCUT2D eigenvalue weighted by atomic mass is 32.2. The van der Waals surface area contributed by atoms with Crippen LogP contribution in [0, 0.1) is 11.8 Å². The smallest absolute Gasteiger partial charge is 0.304 e. The highest BCUT2D eigenvalue weighted by Gasteiger charge is 2.27. The van der Waals surface area contributed by atoms with Crippen molar-refractivity contribution in [3.63, 3.8) is 0 Å². The van der Waals surface area contributed by atoms with E-state index < -0.39 is 5.97 Å². The summed E-state index contributed by atoms with van der Waals surface area (Å²) in [5.41, 5.74) is 0. The van der Waals surface area contributed by atoms with E-state index in [-0.39, 0.29) is 11.2 Å². The van der Waals surface area contributed by atoms with Crippen molar-refractivity contribution in [1.82, 2.24) is 0 Å². The lowest BCUT2D eigenvalue weighted by molar-refractivity contribution is -0.136. The van der Waals surface area contributed by atoms with Gasteiger partial charge in [0.05, 0.1) is 6.42 Å². The Bertz CT molecular complexity index is 273. The van der Waals surface area contributed by atoms with Crippen molar-refractivity contribution in [3.8, 4) is 0 Å². The lowest BCUT2D eigenvalue weighted by Gasteiger charge is -2.33. The van der Waals surface area contributed by atoms with E-state index >= 15 is 0 Å². The molecule has 1 N–H and O–H groups in total. The molecule has 16 heavy (non-hydrogen) atoms. The minimum Gasteiger partial charge on any atom is -0.481 e. The molecule has 0 aromatic heterocycles. The van der Waals surface area contributed by atoms with Gasteiger partial charge in [-0.25, -0.2) is 0 Å². The van der Waals surface area contributed by atoms with Crippen molar-refractivity contribution in [2.75, 3.05) is 5.75 Å². The highest BCUT2D eigenvalue weighted by molar-refractivity contribution is 8.00. The Hall–Kier alpha value is -0.440. The summed E-state index contributed by atoms with van der Waals surface area (Å²) in [6.45, 7) is 6.73. The van der Waals surface area contributed by atoms with Crippen molar-refractivity contribution in [2.24, 2.45) is 11.8 Å². The van der Waals surface area contributed by atoms with Gasteiger partial charge in [-0.15, -0.1) is 0 Å². The summed E-state index contributed by atoms with van der Waals surface area (Å²) >= 11 is 1.77. The fraction of sp³-hybridized carbons (Fsp3) is 0.769. The van der Waals surface area contributed by atoms with Gasteiger partial charge >= 0.3 is 5.97 Å². The van der Waals surface area contributed by atoms with Crippen molar-refractivity contribution in [1.29, 1.82) is 0 Å². The summed E-state index contributed by atoms with van der Waals surface area (Å²) in [5, 5.41) is 8.61. The van der Waals surface area contributed by atoms with E-state index in [0.717, 1.165) is 6.42 Å². The van der Waals surface area contributed by atoms with Crippen LogP contribution in [0.15, 0.2) is 12.2 Å². The fourth-order valence-electron chi connectivity index (χ4n) is 2.01. The van der Waals surface area contributed by atoms with E-state index in [9.17, 15) is 4.79 Å². The molecule has 1 rings (SSSR count). The molecule has 2 atom stereocenters. The van der Waals surface area contributed by atoms with Crippen molar-refractivity contribution < 1.29 is 9.90 Å². The van der Waals surface area contributed by atoms with Gasteiger partial charge in [0.15, 0.2) is 0 Å². The van der Waals surface area contributed by atoms with Gasteiger partial charge in [-0.1, -0.05) is 26.0 Å². The van der Waals surface area contributed by atoms with Crippen LogP contribution in [-0.4, -0.2) is 21.6 Å². The summed E-state index contributed by atoms with van der Waals surface area (Å²) < 4.78 is 0.154. The summed E-state index contributed by atoms with van der Waals surface area (Å²) in [7, 11) is 0. The standard InChI is InChI=1S/C13H22O2S/c1-10(2)11-4-7-13(3,8-5-11)16-9-6-12(14)15/h4,7,10-11H,5-6,8-9H2,1-3H3,(H,14,15). The van der Waals surface area contributed by atoms with Gasteiger partial charge in [-0.05, 0) is 31.6 Å². The molecule has 0 spiro atoms. The van der Waals surface area contributed by atoms with E-state index in [1.165, 1.54) is 6.42 Å². The minimum atomic E-state index is -0.698.